The smallest absolute Gasteiger partial charge is 0.319 e. The fraction of sp³-hybridized carbons (Fsp3) is 0.500. The van der Waals surface area contributed by atoms with Crippen LogP contribution in [0.2, 0.25) is 0 Å². The zero-order chi connectivity index (χ0) is 20.5. The van der Waals surface area contributed by atoms with Crippen LogP contribution in [0.5, 0.6) is 0 Å². The van der Waals surface area contributed by atoms with Crippen LogP contribution in [0.3, 0.4) is 0 Å². The molecule has 0 aromatic heterocycles. The van der Waals surface area contributed by atoms with Gasteiger partial charge in [-0.2, -0.15) is 0 Å². The van der Waals surface area contributed by atoms with Gasteiger partial charge < -0.3 is 15.1 Å². The Morgan fingerprint density at radius 3 is 1.78 bits per heavy atom. The molecule has 1 aromatic carbocycles. The van der Waals surface area contributed by atoms with Gasteiger partial charge in [0.25, 0.3) is 0 Å². The van der Waals surface area contributed by atoms with Crippen molar-refractivity contribution in [2.75, 3.05) is 45.6 Å². The molecule has 0 bridgehead atoms. The number of nitrogens with one attached hydrogen (secondary N) is 1. The van der Waals surface area contributed by atoms with Gasteiger partial charge in [-0.05, 0) is 6.92 Å². The lowest BCUT2D eigenvalue weighted by Crippen LogP contribution is -2.55. The number of amides is 3. The quantitative estimate of drug-likeness (QED) is 0.485. The van der Waals surface area contributed by atoms with Crippen LogP contribution in [0.1, 0.15) is 6.92 Å². The van der Waals surface area contributed by atoms with Crippen molar-refractivity contribution in [3.63, 3.8) is 0 Å². The first-order valence-electron chi connectivity index (χ1n) is 8.08. The van der Waals surface area contributed by atoms with Crippen LogP contribution in [-0.2, 0) is 4.79 Å². The summed E-state index contributed by atoms with van der Waals surface area (Å²) >= 11 is 0. The molecule has 0 aliphatic carbocycles. The average molecular weight is 394 g/mol. The summed E-state index contributed by atoms with van der Waals surface area (Å²) in [5.74, 6) is -11.7. The van der Waals surface area contributed by atoms with Gasteiger partial charge in [0.05, 0.1) is 6.04 Å². The summed E-state index contributed by atoms with van der Waals surface area (Å²) in [6.45, 7) is 2.72. The van der Waals surface area contributed by atoms with Crippen molar-refractivity contribution in [3.8, 4) is 0 Å². The van der Waals surface area contributed by atoms with Crippen molar-refractivity contribution in [3.05, 3.63) is 29.1 Å². The standard InChI is InChI=1S/C16H19F5N4O2/c1-8(24-4-6-25(7-5-24)16(27)23(2)3)15(26)22-14-12(20)10(18)9(17)11(19)13(14)21/h8H,4-7H2,1-3H3,(H,22,26). The van der Waals surface area contributed by atoms with E-state index in [0.717, 1.165) is 0 Å². The lowest BCUT2D eigenvalue weighted by atomic mass is 10.2. The monoisotopic (exact) mass is 394 g/mol. The van der Waals surface area contributed by atoms with E-state index in [1.54, 1.807) is 29.2 Å². The molecule has 150 valence electrons. The second-order valence-corrected chi connectivity index (χ2v) is 6.31. The molecule has 1 aliphatic rings. The fourth-order valence-electron chi connectivity index (χ4n) is 2.69. The third-order valence-corrected chi connectivity index (χ3v) is 4.35. The maximum atomic E-state index is 13.7. The topological polar surface area (TPSA) is 55.9 Å². The third-order valence-electron chi connectivity index (χ3n) is 4.35. The Morgan fingerprint density at radius 1 is 0.889 bits per heavy atom. The molecule has 1 atom stereocenters. The van der Waals surface area contributed by atoms with Crippen molar-refractivity contribution in [2.24, 2.45) is 0 Å². The van der Waals surface area contributed by atoms with Crippen LogP contribution < -0.4 is 5.32 Å². The lowest BCUT2D eigenvalue weighted by Gasteiger charge is -2.38. The van der Waals surface area contributed by atoms with E-state index in [0.29, 0.717) is 26.2 Å². The summed E-state index contributed by atoms with van der Waals surface area (Å²) in [6, 6.07) is -1.09. The molecule has 1 aromatic rings. The normalized spacial score (nSPS) is 16.2. The molecular weight excluding hydrogens is 375 g/mol. The highest BCUT2D eigenvalue weighted by Crippen LogP contribution is 2.27. The molecule has 1 heterocycles. The summed E-state index contributed by atoms with van der Waals surface area (Å²) in [6.07, 6.45) is 0. The average Bonchev–Trinajstić information content (AvgIpc) is 2.66. The molecule has 0 spiro atoms. The molecule has 2 rings (SSSR count). The van der Waals surface area contributed by atoms with Gasteiger partial charge in [-0.1, -0.05) is 0 Å². The number of rotatable bonds is 3. The van der Waals surface area contributed by atoms with Crippen LogP contribution in [0, 0.1) is 29.1 Å². The van der Waals surface area contributed by atoms with Gasteiger partial charge in [-0.3, -0.25) is 9.69 Å². The number of nitrogens with zero attached hydrogens (tertiary/aromatic N) is 3. The van der Waals surface area contributed by atoms with E-state index in [4.69, 9.17) is 0 Å². The number of hydrogen-bond donors (Lipinski definition) is 1. The molecular formula is C16H19F5N4O2. The number of carbonyl (C=O) groups excluding carboxylic acids is 2. The number of anilines is 1. The number of benzene rings is 1. The Hall–Kier alpha value is -2.43. The first kappa shape index (κ1) is 20.9. The van der Waals surface area contributed by atoms with Crippen LogP contribution in [0.15, 0.2) is 0 Å². The van der Waals surface area contributed by atoms with Crippen LogP contribution >= 0.6 is 0 Å². The zero-order valence-corrected chi connectivity index (χ0v) is 15.0. The first-order chi connectivity index (χ1) is 12.6. The van der Waals surface area contributed by atoms with Crippen LogP contribution in [-0.4, -0.2) is 73.0 Å². The summed E-state index contributed by atoms with van der Waals surface area (Å²) in [4.78, 5) is 28.7. The van der Waals surface area contributed by atoms with Gasteiger partial charge in [0.2, 0.25) is 11.7 Å². The first-order valence-corrected chi connectivity index (χ1v) is 8.08. The Kier molecular flexibility index (Phi) is 6.24. The van der Waals surface area contributed by atoms with E-state index < -0.39 is 46.7 Å². The van der Waals surface area contributed by atoms with Gasteiger partial charge in [-0.25, -0.2) is 26.7 Å². The molecule has 1 unspecified atom stereocenters. The Balaban J connectivity index is 2.07. The SMILES string of the molecule is CC(C(=O)Nc1c(F)c(F)c(F)c(F)c1F)N1CCN(C(=O)N(C)C)CC1. The lowest BCUT2D eigenvalue weighted by molar-refractivity contribution is -0.121. The zero-order valence-electron chi connectivity index (χ0n) is 15.0. The van der Waals surface area contributed by atoms with Crippen molar-refractivity contribution in [1.29, 1.82) is 0 Å². The molecule has 11 heteroatoms. The summed E-state index contributed by atoms with van der Waals surface area (Å²) in [5, 5.41) is 1.77. The number of hydrogen-bond acceptors (Lipinski definition) is 3. The van der Waals surface area contributed by atoms with E-state index in [1.807, 2.05) is 0 Å². The number of piperazine rings is 1. The maximum absolute atomic E-state index is 13.7. The molecule has 3 amide bonds. The van der Waals surface area contributed by atoms with Gasteiger partial charge in [0, 0.05) is 40.3 Å². The Morgan fingerprint density at radius 2 is 1.33 bits per heavy atom. The molecule has 6 nitrogen and oxygen atoms in total. The van der Waals surface area contributed by atoms with Gasteiger partial charge >= 0.3 is 6.03 Å². The van der Waals surface area contributed by atoms with E-state index in [-0.39, 0.29) is 6.03 Å². The van der Waals surface area contributed by atoms with E-state index >= 15 is 0 Å². The summed E-state index contributed by atoms with van der Waals surface area (Å²) in [5.41, 5.74) is -1.38. The van der Waals surface area contributed by atoms with Gasteiger partial charge in [-0.15, -0.1) is 0 Å². The maximum Gasteiger partial charge on any atom is 0.319 e. The number of halogens is 5. The number of carbonyl (C=O) groups is 2. The minimum absolute atomic E-state index is 0.187. The largest absolute Gasteiger partial charge is 0.331 e. The second kappa shape index (κ2) is 8.07. The molecule has 1 N–H and O–H groups in total. The minimum atomic E-state index is -2.29. The van der Waals surface area contributed by atoms with E-state index in [9.17, 15) is 31.5 Å². The molecule has 27 heavy (non-hydrogen) atoms. The fourth-order valence-corrected chi connectivity index (χ4v) is 2.69. The van der Waals surface area contributed by atoms with Gasteiger partial charge in [0.15, 0.2) is 23.3 Å². The van der Waals surface area contributed by atoms with Crippen molar-refractivity contribution in [2.45, 2.75) is 13.0 Å². The van der Waals surface area contributed by atoms with Crippen molar-refractivity contribution >= 4 is 17.6 Å². The predicted octanol–water partition coefficient (Wildman–Crippen LogP) is 2.01. The molecule has 1 saturated heterocycles. The van der Waals surface area contributed by atoms with Crippen molar-refractivity contribution < 1.29 is 31.5 Å². The highest BCUT2D eigenvalue weighted by atomic mass is 19.2. The molecule has 1 aliphatic heterocycles. The Labute approximate surface area is 152 Å². The second-order valence-electron chi connectivity index (χ2n) is 6.31. The predicted molar refractivity (Wildman–Crippen MR) is 86.6 cm³/mol. The molecule has 0 radical (unpaired) electrons. The van der Waals surface area contributed by atoms with E-state index in [2.05, 4.69) is 0 Å². The third kappa shape index (κ3) is 4.12. The molecule has 0 saturated carbocycles. The van der Waals surface area contributed by atoms with E-state index in [1.165, 1.54) is 11.8 Å². The molecule has 1 fully saturated rings. The minimum Gasteiger partial charge on any atom is -0.331 e. The summed E-state index contributed by atoms with van der Waals surface area (Å²) in [7, 11) is 3.21. The van der Waals surface area contributed by atoms with Crippen LogP contribution in [0.25, 0.3) is 0 Å². The summed E-state index contributed by atoms with van der Waals surface area (Å²) < 4.78 is 66.9. The number of urea groups is 1. The van der Waals surface area contributed by atoms with Gasteiger partial charge in [0.1, 0.15) is 5.69 Å². The van der Waals surface area contributed by atoms with Crippen molar-refractivity contribution in [1.82, 2.24) is 14.7 Å². The highest BCUT2D eigenvalue weighted by Gasteiger charge is 2.31. The Bertz CT molecular complexity index is 722. The highest BCUT2D eigenvalue weighted by molar-refractivity contribution is 5.94. The van der Waals surface area contributed by atoms with Crippen LogP contribution in [0.4, 0.5) is 32.4 Å².